The minimum atomic E-state index is -2.00. The summed E-state index contributed by atoms with van der Waals surface area (Å²) < 4.78 is 18.5. The second-order valence-electron chi connectivity index (χ2n) is 12.2. The second-order valence-corrected chi connectivity index (χ2v) is 17.0. The standard InChI is InChI=1S/C25H44O5Si/c1-22(2,3)31(8,9)30-16-19-11-13-24(6,7)20(25(19,27)12-10-14-26)15-21-28-17-23(4,5)18-29-21/h11,20-21,26-27H,13-18H2,1-9H3/t20-,25-/m1/s1. The van der Waals surface area contributed by atoms with Gasteiger partial charge in [0, 0.05) is 17.8 Å². The summed E-state index contributed by atoms with van der Waals surface area (Å²) in [6.45, 7) is 20.9. The lowest BCUT2D eigenvalue weighted by molar-refractivity contribution is -0.236. The number of rotatable bonds is 5. The molecule has 2 aliphatic rings. The fraction of sp³-hybridized carbons (Fsp3) is 0.840. The Labute approximate surface area is 190 Å². The first-order valence-corrected chi connectivity index (χ1v) is 14.3. The highest BCUT2D eigenvalue weighted by atomic mass is 28.4. The van der Waals surface area contributed by atoms with E-state index in [-0.39, 0.29) is 34.7 Å². The zero-order chi connectivity index (χ0) is 23.7. The molecule has 2 rings (SSSR count). The molecule has 0 aromatic heterocycles. The first-order chi connectivity index (χ1) is 14.0. The molecule has 0 unspecified atom stereocenters. The van der Waals surface area contributed by atoms with Crippen molar-refractivity contribution in [2.45, 2.75) is 91.3 Å². The van der Waals surface area contributed by atoms with Gasteiger partial charge in [-0.05, 0) is 35.5 Å². The first-order valence-electron chi connectivity index (χ1n) is 11.4. The van der Waals surface area contributed by atoms with Crippen molar-refractivity contribution in [1.82, 2.24) is 0 Å². The average Bonchev–Trinajstić information content (AvgIpc) is 2.63. The molecule has 1 heterocycles. The van der Waals surface area contributed by atoms with Crippen LogP contribution < -0.4 is 0 Å². The summed E-state index contributed by atoms with van der Waals surface area (Å²) >= 11 is 0. The van der Waals surface area contributed by atoms with Crippen LogP contribution in [0.1, 0.15) is 61.3 Å². The lowest BCUT2D eigenvalue weighted by Gasteiger charge is -2.49. The Morgan fingerprint density at radius 3 is 2.26 bits per heavy atom. The fourth-order valence-corrected chi connectivity index (χ4v) is 4.95. The number of hydrogen-bond acceptors (Lipinski definition) is 5. The summed E-state index contributed by atoms with van der Waals surface area (Å²) in [4.78, 5) is 0. The van der Waals surface area contributed by atoms with Crippen LogP contribution in [0.5, 0.6) is 0 Å². The molecule has 178 valence electrons. The molecule has 5 nitrogen and oxygen atoms in total. The van der Waals surface area contributed by atoms with Gasteiger partial charge in [0.05, 0.1) is 19.8 Å². The van der Waals surface area contributed by atoms with Crippen LogP contribution >= 0.6 is 0 Å². The number of aliphatic hydroxyl groups is 2. The van der Waals surface area contributed by atoms with Crippen LogP contribution in [0.15, 0.2) is 11.6 Å². The minimum absolute atomic E-state index is 0.00630. The molecule has 1 aliphatic carbocycles. The molecule has 0 aromatic rings. The topological polar surface area (TPSA) is 68.2 Å². The van der Waals surface area contributed by atoms with Gasteiger partial charge in [0.2, 0.25) is 0 Å². The van der Waals surface area contributed by atoms with Gasteiger partial charge in [0.15, 0.2) is 20.2 Å². The number of hydrogen-bond donors (Lipinski definition) is 2. The molecular formula is C25H44O5Si. The predicted octanol–water partition coefficient (Wildman–Crippen LogP) is 4.50. The monoisotopic (exact) mass is 452 g/mol. The molecule has 31 heavy (non-hydrogen) atoms. The molecule has 2 atom stereocenters. The molecule has 0 spiro atoms. The molecule has 1 fully saturated rings. The third kappa shape index (κ3) is 6.22. The molecule has 0 bridgehead atoms. The van der Waals surface area contributed by atoms with Gasteiger partial charge < -0.3 is 24.1 Å². The summed E-state index contributed by atoms with van der Waals surface area (Å²) in [6.07, 6.45) is 3.06. The Morgan fingerprint density at radius 2 is 1.74 bits per heavy atom. The van der Waals surface area contributed by atoms with Gasteiger partial charge in [-0.15, -0.1) is 0 Å². The van der Waals surface area contributed by atoms with Crippen LogP contribution in [-0.4, -0.2) is 56.8 Å². The molecular weight excluding hydrogens is 408 g/mol. The van der Waals surface area contributed by atoms with Crippen molar-refractivity contribution in [3.8, 4) is 11.8 Å². The molecule has 1 aliphatic heterocycles. The van der Waals surface area contributed by atoms with E-state index in [4.69, 9.17) is 13.9 Å². The zero-order valence-electron chi connectivity index (χ0n) is 21.1. The highest BCUT2D eigenvalue weighted by molar-refractivity contribution is 6.74. The van der Waals surface area contributed by atoms with E-state index in [2.05, 4.69) is 79.5 Å². The molecule has 1 saturated heterocycles. The van der Waals surface area contributed by atoms with Crippen molar-refractivity contribution in [3.05, 3.63) is 11.6 Å². The van der Waals surface area contributed by atoms with Gasteiger partial charge in [-0.2, -0.15) is 0 Å². The molecule has 6 heteroatoms. The third-order valence-electron chi connectivity index (χ3n) is 7.31. The number of ether oxygens (including phenoxy) is 2. The van der Waals surface area contributed by atoms with Gasteiger partial charge in [-0.25, -0.2) is 0 Å². The van der Waals surface area contributed by atoms with Gasteiger partial charge in [0.25, 0.3) is 0 Å². The Kier molecular flexibility index (Phi) is 7.96. The Morgan fingerprint density at radius 1 is 1.16 bits per heavy atom. The van der Waals surface area contributed by atoms with E-state index < -0.39 is 13.9 Å². The lowest BCUT2D eigenvalue weighted by atomic mass is 9.60. The summed E-state index contributed by atoms with van der Waals surface area (Å²) in [6, 6.07) is 0. The van der Waals surface area contributed by atoms with Crippen LogP contribution in [0.4, 0.5) is 0 Å². The Balaban J connectivity index is 2.31. The maximum absolute atomic E-state index is 12.0. The Bertz CT molecular complexity index is 712. The SMILES string of the molecule is CC1(C)COC(C[C@@H]2C(C)(C)CC=C(CO[Si](C)(C)C(C)(C)C)[C@]2(O)C#CCO)OC1. The molecule has 0 saturated carbocycles. The maximum Gasteiger partial charge on any atom is 0.192 e. The zero-order valence-corrected chi connectivity index (χ0v) is 22.1. The van der Waals surface area contributed by atoms with E-state index in [1.165, 1.54) is 0 Å². The summed E-state index contributed by atoms with van der Waals surface area (Å²) in [5, 5.41) is 21.4. The molecule has 0 amide bonds. The van der Waals surface area contributed by atoms with E-state index in [1.807, 2.05) is 0 Å². The summed E-state index contributed by atoms with van der Waals surface area (Å²) in [5.41, 5.74) is -0.821. The van der Waals surface area contributed by atoms with Gasteiger partial charge in [-0.1, -0.05) is 66.4 Å². The molecule has 2 N–H and O–H groups in total. The van der Waals surface area contributed by atoms with Crippen molar-refractivity contribution in [2.75, 3.05) is 26.4 Å². The van der Waals surface area contributed by atoms with E-state index in [9.17, 15) is 10.2 Å². The van der Waals surface area contributed by atoms with Crippen LogP contribution in [0.3, 0.4) is 0 Å². The number of aliphatic hydroxyl groups excluding tert-OH is 1. The van der Waals surface area contributed by atoms with Crippen LogP contribution in [0.25, 0.3) is 0 Å². The number of allylic oxidation sites excluding steroid dienone is 1. The Hall–Kier alpha value is -0.683. The smallest absolute Gasteiger partial charge is 0.192 e. The summed E-state index contributed by atoms with van der Waals surface area (Å²) in [5.74, 6) is 5.50. The van der Waals surface area contributed by atoms with Crippen molar-refractivity contribution >= 4 is 8.32 Å². The lowest BCUT2D eigenvalue weighted by Crippen LogP contribution is -2.53. The molecule has 0 radical (unpaired) electrons. The minimum Gasteiger partial charge on any atom is -0.413 e. The normalized spacial score (nSPS) is 29.1. The summed E-state index contributed by atoms with van der Waals surface area (Å²) in [7, 11) is -2.00. The molecule has 0 aromatic carbocycles. The predicted molar refractivity (Wildman–Crippen MR) is 127 cm³/mol. The highest BCUT2D eigenvalue weighted by Gasteiger charge is 2.51. The largest absolute Gasteiger partial charge is 0.413 e. The van der Waals surface area contributed by atoms with E-state index in [0.717, 1.165) is 12.0 Å². The van der Waals surface area contributed by atoms with Crippen LogP contribution in [0.2, 0.25) is 18.1 Å². The van der Waals surface area contributed by atoms with Crippen LogP contribution in [0, 0.1) is 28.6 Å². The fourth-order valence-electron chi connectivity index (χ4n) is 4.00. The second kappa shape index (κ2) is 9.28. The van der Waals surface area contributed by atoms with E-state index in [1.54, 1.807) is 0 Å². The van der Waals surface area contributed by atoms with Gasteiger partial charge in [0.1, 0.15) is 6.61 Å². The quantitative estimate of drug-likeness (QED) is 0.365. The third-order valence-corrected chi connectivity index (χ3v) is 11.8. The van der Waals surface area contributed by atoms with Crippen molar-refractivity contribution in [2.24, 2.45) is 16.7 Å². The van der Waals surface area contributed by atoms with Gasteiger partial charge >= 0.3 is 0 Å². The van der Waals surface area contributed by atoms with Crippen molar-refractivity contribution < 1.29 is 24.1 Å². The van der Waals surface area contributed by atoms with E-state index in [0.29, 0.717) is 26.2 Å². The maximum atomic E-state index is 12.0. The first kappa shape index (κ1) is 26.6. The van der Waals surface area contributed by atoms with Gasteiger partial charge in [-0.3, -0.25) is 0 Å². The van der Waals surface area contributed by atoms with Crippen LogP contribution in [-0.2, 0) is 13.9 Å². The van der Waals surface area contributed by atoms with Crippen molar-refractivity contribution in [1.29, 1.82) is 0 Å². The van der Waals surface area contributed by atoms with E-state index >= 15 is 0 Å². The average molecular weight is 453 g/mol. The van der Waals surface area contributed by atoms with Crippen molar-refractivity contribution in [3.63, 3.8) is 0 Å². The highest BCUT2D eigenvalue weighted by Crippen LogP contribution is 2.49.